The largest absolute Gasteiger partial charge is 0.386 e. The highest BCUT2D eigenvalue weighted by atomic mass is 35.5. The molecule has 2 saturated heterocycles. The number of carbonyl (C=O) groups is 1. The third-order valence-electron chi connectivity index (χ3n) is 11.5. The number of rotatable bonds is 8. The molecule has 3 unspecified atom stereocenters. The van der Waals surface area contributed by atoms with Crippen LogP contribution in [0.2, 0.25) is 0 Å². The number of aliphatic imine (C=N–C) groups is 2. The lowest BCUT2D eigenvalue weighted by atomic mass is 9.91. The van der Waals surface area contributed by atoms with Crippen LogP contribution in [0.5, 0.6) is 0 Å². The second-order valence-electron chi connectivity index (χ2n) is 15.6. The molecule has 0 spiro atoms. The molecule has 2 saturated carbocycles. The van der Waals surface area contributed by atoms with Crippen molar-refractivity contribution < 1.29 is 28.4 Å². The van der Waals surface area contributed by atoms with E-state index in [0.29, 0.717) is 24.0 Å². The van der Waals surface area contributed by atoms with Crippen molar-refractivity contribution >= 4 is 51.8 Å². The summed E-state index contributed by atoms with van der Waals surface area (Å²) in [6.45, 7) is 9.14. The van der Waals surface area contributed by atoms with Gasteiger partial charge in [0.25, 0.3) is 0 Å². The van der Waals surface area contributed by atoms with Crippen molar-refractivity contribution in [3.05, 3.63) is 69.4 Å². The third kappa shape index (κ3) is 7.86. The van der Waals surface area contributed by atoms with Crippen LogP contribution < -0.4 is 0 Å². The quantitative estimate of drug-likeness (QED) is 0.138. The first kappa shape index (κ1) is 38.2. The zero-order valence-electron chi connectivity index (χ0n) is 31.9. The number of nitrogens with zero attached hydrogens (tertiary/aromatic N) is 4. The number of aliphatic hydroxyl groups is 1. The smallest absolute Gasteiger partial charge is 0.193 e. The summed E-state index contributed by atoms with van der Waals surface area (Å²) in [5.41, 5.74) is 14.0. The first-order valence-electron chi connectivity index (χ1n) is 19.6. The van der Waals surface area contributed by atoms with E-state index in [1.165, 1.54) is 42.7 Å². The highest BCUT2D eigenvalue weighted by molar-refractivity contribution is 6.40. The van der Waals surface area contributed by atoms with Gasteiger partial charge in [0, 0.05) is 59.7 Å². The Balaban J connectivity index is 0.000000145. The molecule has 10 nitrogen and oxygen atoms in total. The second-order valence-corrected chi connectivity index (χ2v) is 16.4. The predicted molar refractivity (Wildman–Crippen MR) is 214 cm³/mol. The van der Waals surface area contributed by atoms with Gasteiger partial charge in [-0.3, -0.25) is 14.8 Å². The van der Waals surface area contributed by atoms with Crippen LogP contribution in [0.25, 0.3) is 22.3 Å². The predicted octanol–water partition coefficient (Wildman–Crippen LogP) is 9.99. The highest BCUT2D eigenvalue weighted by Gasteiger charge is 2.37. The molecule has 4 aromatic rings. The Bertz CT molecular complexity index is 2110. The molecule has 2 aromatic carbocycles. The molecule has 290 valence electrons. The number of hydrogen-bond donors (Lipinski definition) is 1. The fourth-order valence-corrected chi connectivity index (χ4v) is 8.51. The second kappa shape index (κ2) is 16.1. The van der Waals surface area contributed by atoms with Gasteiger partial charge in [-0.15, -0.1) is 23.2 Å². The molecule has 10 rings (SSSR count). The van der Waals surface area contributed by atoms with E-state index in [0.717, 1.165) is 113 Å². The third-order valence-corrected chi connectivity index (χ3v) is 11.5. The molecule has 6 heterocycles. The first-order chi connectivity index (χ1) is 26.6. The van der Waals surface area contributed by atoms with Crippen molar-refractivity contribution in [3.8, 4) is 22.3 Å². The fraction of sp³-hybridized carbons (Fsp3) is 0.512. The van der Waals surface area contributed by atoms with E-state index in [9.17, 15) is 9.90 Å². The Labute approximate surface area is 331 Å². The Morgan fingerprint density at radius 1 is 0.745 bits per heavy atom. The summed E-state index contributed by atoms with van der Waals surface area (Å²) in [7, 11) is 0. The molecule has 6 aliphatic rings. The number of ketones is 1. The van der Waals surface area contributed by atoms with Gasteiger partial charge in [0.05, 0.1) is 34.2 Å². The van der Waals surface area contributed by atoms with Crippen molar-refractivity contribution in [2.45, 2.75) is 110 Å². The number of aryl methyl sites for hydroxylation is 4. The average Bonchev–Trinajstić information content (AvgIpc) is 3.71. The van der Waals surface area contributed by atoms with Gasteiger partial charge in [0.1, 0.15) is 23.7 Å². The Hall–Kier alpha value is -3.67. The highest BCUT2D eigenvalue weighted by Crippen LogP contribution is 2.46. The van der Waals surface area contributed by atoms with Crippen LogP contribution in [0.1, 0.15) is 107 Å². The van der Waals surface area contributed by atoms with Crippen LogP contribution >= 0.6 is 23.2 Å². The van der Waals surface area contributed by atoms with E-state index in [1.807, 2.05) is 33.8 Å². The summed E-state index contributed by atoms with van der Waals surface area (Å²) in [6.07, 6.45) is 9.19. The molecule has 2 aliphatic carbocycles. The van der Waals surface area contributed by atoms with Gasteiger partial charge in [-0.25, -0.2) is 0 Å². The summed E-state index contributed by atoms with van der Waals surface area (Å²) in [5.74, 6) is 2.89. The summed E-state index contributed by atoms with van der Waals surface area (Å²) in [6, 6.07) is 8.39. The molecule has 1 N–H and O–H groups in total. The van der Waals surface area contributed by atoms with Crippen LogP contribution in [0, 0.1) is 39.5 Å². The maximum absolute atomic E-state index is 13.2. The maximum Gasteiger partial charge on any atom is 0.193 e. The lowest BCUT2D eigenvalue weighted by Gasteiger charge is -2.20. The topological polar surface area (TPSA) is 133 Å². The van der Waals surface area contributed by atoms with E-state index in [2.05, 4.69) is 28.5 Å². The number of carbonyl (C=O) groups excluding carboxylic acids is 1. The van der Waals surface area contributed by atoms with Gasteiger partial charge in [0.15, 0.2) is 5.78 Å². The molecule has 2 aromatic heterocycles. The van der Waals surface area contributed by atoms with Crippen molar-refractivity contribution in [2.24, 2.45) is 21.8 Å². The molecule has 0 amide bonds. The number of fused-ring (bicyclic) bond motifs is 2. The van der Waals surface area contributed by atoms with Crippen LogP contribution in [-0.4, -0.2) is 63.4 Å². The fourth-order valence-electron chi connectivity index (χ4n) is 8.51. The zero-order valence-corrected chi connectivity index (χ0v) is 33.4. The van der Waals surface area contributed by atoms with Gasteiger partial charge in [0.2, 0.25) is 0 Å². The van der Waals surface area contributed by atoms with Crippen LogP contribution in [0.3, 0.4) is 0 Å². The maximum atomic E-state index is 13.2. The number of benzene rings is 2. The van der Waals surface area contributed by atoms with E-state index in [1.54, 1.807) is 0 Å². The van der Waals surface area contributed by atoms with Gasteiger partial charge in [-0.1, -0.05) is 10.3 Å². The molecule has 0 radical (unpaired) electrons. The van der Waals surface area contributed by atoms with E-state index >= 15 is 0 Å². The zero-order chi connectivity index (χ0) is 38.4. The number of alkyl halides is 2. The number of aliphatic hydroxyl groups excluding tert-OH is 1. The van der Waals surface area contributed by atoms with Crippen molar-refractivity contribution in [1.82, 2.24) is 10.3 Å². The molecule has 12 heteroatoms. The van der Waals surface area contributed by atoms with Crippen molar-refractivity contribution in [2.75, 3.05) is 18.6 Å². The number of halogens is 2. The van der Waals surface area contributed by atoms with Crippen LogP contribution in [-0.2, 0) is 22.3 Å². The molecule has 4 aliphatic heterocycles. The number of Topliss-reactive ketones (excluding diaryl/α,β-unsaturated/α-hetero) is 1. The Morgan fingerprint density at radius 2 is 1.27 bits per heavy atom. The van der Waals surface area contributed by atoms with Gasteiger partial charge >= 0.3 is 0 Å². The van der Waals surface area contributed by atoms with E-state index in [-0.39, 0.29) is 23.3 Å². The van der Waals surface area contributed by atoms with E-state index in [4.69, 9.17) is 51.7 Å². The summed E-state index contributed by atoms with van der Waals surface area (Å²) in [5, 5.41) is 19.4. The monoisotopic (exact) mass is 786 g/mol. The number of ether oxygens (including phenoxy) is 2. The van der Waals surface area contributed by atoms with Crippen molar-refractivity contribution in [3.63, 3.8) is 0 Å². The van der Waals surface area contributed by atoms with Crippen molar-refractivity contribution in [1.29, 1.82) is 0 Å². The SMILES string of the molecule is Cc1noc(C)c1-c1cc2c(c(C(=O)C3CCCO3)c1)N=C(C1CC1)C2.Cc1noc(C)c1-c1cc2c(c(C(O)C3CCCO3)c1)N=C(C1CC1)C2.ClCCl. The average molecular weight is 788 g/mol. The summed E-state index contributed by atoms with van der Waals surface area (Å²) >= 11 is 9.53. The van der Waals surface area contributed by atoms with Gasteiger partial charge in [-0.05, 0) is 137 Å². The lowest BCUT2D eigenvalue weighted by molar-refractivity contribution is -0.00227. The first-order valence-corrected chi connectivity index (χ1v) is 20.6. The van der Waals surface area contributed by atoms with Gasteiger partial charge in [-0.2, -0.15) is 0 Å². The van der Waals surface area contributed by atoms with Crippen LogP contribution in [0.4, 0.5) is 11.4 Å². The standard InChI is InChI=1S/C21H24N2O3.C21H22N2O3.CH2Cl2/c2*1-11-19(12(2)26-23-11)14-8-15-10-17(13-5-6-13)22-20(15)16(9-14)21(24)18-4-3-7-25-18;2-1-3/h8-9,13,18,21,24H,3-7,10H2,1-2H3;8-9,13,18H,3-7,10H2,1-2H3;1H2. The molecular formula is C43H48Cl2N4O6. The minimum absolute atomic E-state index is 0.0631. The minimum Gasteiger partial charge on any atom is -0.386 e. The molecule has 4 fully saturated rings. The molecule has 0 bridgehead atoms. The Kier molecular flexibility index (Phi) is 11.2. The Morgan fingerprint density at radius 3 is 1.76 bits per heavy atom. The minimum atomic E-state index is -0.644. The normalized spacial score (nSPS) is 21.6. The van der Waals surface area contributed by atoms with Crippen LogP contribution in [0.15, 0.2) is 43.3 Å². The van der Waals surface area contributed by atoms with E-state index < -0.39 is 6.10 Å². The summed E-state index contributed by atoms with van der Waals surface area (Å²) in [4.78, 5) is 23.0. The summed E-state index contributed by atoms with van der Waals surface area (Å²) < 4.78 is 22.2. The molecule has 3 atom stereocenters. The number of hydrogen-bond acceptors (Lipinski definition) is 10. The van der Waals surface area contributed by atoms with Gasteiger partial charge < -0.3 is 23.6 Å². The number of aromatic nitrogens is 2. The molecular weight excluding hydrogens is 739 g/mol. The lowest BCUT2D eigenvalue weighted by Crippen LogP contribution is -2.19. The molecule has 55 heavy (non-hydrogen) atoms.